The molecule has 9 nitrogen and oxygen atoms in total. The number of sulfonamides is 1. The molecule has 180 valence electrons. The van der Waals surface area contributed by atoms with Crippen LogP contribution in [0.4, 0.5) is 13.2 Å². The summed E-state index contributed by atoms with van der Waals surface area (Å²) in [7, 11) is -4.07. The summed E-state index contributed by atoms with van der Waals surface area (Å²) in [5.41, 5.74) is 0.882. The van der Waals surface area contributed by atoms with Crippen molar-refractivity contribution in [2.24, 2.45) is 0 Å². The second-order valence-corrected chi connectivity index (χ2v) is 8.99. The van der Waals surface area contributed by atoms with Crippen LogP contribution in [0.1, 0.15) is 25.7 Å². The zero-order valence-electron chi connectivity index (χ0n) is 18.0. The first-order valence-electron chi connectivity index (χ1n) is 10.1. The number of nitrogens with one attached hydrogen (secondary N) is 2. The fourth-order valence-electron chi connectivity index (χ4n) is 3.36. The van der Waals surface area contributed by atoms with E-state index in [1.165, 1.54) is 0 Å². The van der Waals surface area contributed by atoms with Gasteiger partial charge in [0.1, 0.15) is 11.5 Å². The smallest absolute Gasteiger partial charge is 0.424 e. The van der Waals surface area contributed by atoms with Gasteiger partial charge in [0.05, 0.1) is 10.9 Å². The van der Waals surface area contributed by atoms with Gasteiger partial charge >= 0.3 is 12.4 Å². The lowest BCUT2D eigenvalue weighted by Gasteiger charge is -2.16. The van der Waals surface area contributed by atoms with Gasteiger partial charge in [0.25, 0.3) is 0 Å². The summed E-state index contributed by atoms with van der Waals surface area (Å²) in [6.07, 6.45) is -3.06. The number of benzene rings is 2. The number of hydrogen-bond acceptors (Lipinski definition) is 6. The van der Waals surface area contributed by atoms with E-state index in [4.69, 9.17) is 4.74 Å². The minimum absolute atomic E-state index is 0.183. The normalized spacial score (nSPS) is 13.2. The second kappa shape index (κ2) is 8.99. The van der Waals surface area contributed by atoms with Crippen molar-refractivity contribution < 1.29 is 31.1 Å². The van der Waals surface area contributed by atoms with Crippen molar-refractivity contribution >= 4 is 20.9 Å². The highest BCUT2D eigenvalue weighted by molar-refractivity contribution is 7.89. The molecule has 2 aromatic heterocycles. The number of fused-ring (bicyclic) bond motifs is 1. The van der Waals surface area contributed by atoms with Gasteiger partial charge in [-0.3, -0.25) is 4.57 Å². The maximum atomic E-state index is 12.7. The number of alkyl halides is 3. The van der Waals surface area contributed by atoms with E-state index in [9.17, 15) is 21.6 Å². The molecule has 0 spiro atoms. The van der Waals surface area contributed by atoms with Crippen molar-refractivity contribution in [2.75, 3.05) is 0 Å². The first kappa shape index (κ1) is 23.6. The summed E-state index contributed by atoms with van der Waals surface area (Å²) in [5, 5.41) is 9.14. The van der Waals surface area contributed by atoms with E-state index in [-0.39, 0.29) is 10.9 Å². The molecule has 34 heavy (non-hydrogen) atoms. The largest absolute Gasteiger partial charge is 0.573 e. The fraction of sp³-hybridized carbons (Fsp3) is 0.238. The molecule has 0 amide bonds. The molecule has 1 atom stereocenters. The van der Waals surface area contributed by atoms with Crippen LogP contribution in [0.15, 0.2) is 59.6 Å². The number of aromatic nitrogens is 4. The molecule has 4 aromatic rings. The lowest BCUT2D eigenvalue weighted by molar-refractivity contribution is -0.274. The van der Waals surface area contributed by atoms with Crippen molar-refractivity contribution in [1.29, 1.82) is 0 Å². The van der Waals surface area contributed by atoms with E-state index in [0.29, 0.717) is 18.1 Å². The molecule has 0 aliphatic heterocycles. The Morgan fingerprint density at radius 1 is 1.09 bits per heavy atom. The second-order valence-electron chi connectivity index (χ2n) is 7.28. The summed E-state index contributed by atoms with van der Waals surface area (Å²) in [4.78, 5) is 2.86. The van der Waals surface area contributed by atoms with Crippen LogP contribution in [-0.4, -0.2) is 34.5 Å². The van der Waals surface area contributed by atoms with Gasteiger partial charge in [-0.25, -0.2) is 13.1 Å². The highest BCUT2D eigenvalue weighted by Crippen LogP contribution is 2.27. The summed E-state index contributed by atoms with van der Waals surface area (Å²) in [6.45, 7) is 3.80. The van der Waals surface area contributed by atoms with Crippen LogP contribution >= 0.6 is 0 Å². The number of nitrogens with zero attached hydrogens (tertiary/aromatic N) is 3. The zero-order valence-corrected chi connectivity index (χ0v) is 18.8. The van der Waals surface area contributed by atoms with Crippen LogP contribution in [0.2, 0.25) is 0 Å². The van der Waals surface area contributed by atoms with Gasteiger partial charge < -0.3 is 14.5 Å². The van der Waals surface area contributed by atoms with Crippen molar-refractivity contribution in [2.45, 2.75) is 37.7 Å². The lowest BCUT2D eigenvalue weighted by Crippen LogP contribution is -2.29. The van der Waals surface area contributed by atoms with Gasteiger partial charge in [0, 0.05) is 24.3 Å². The van der Waals surface area contributed by atoms with Gasteiger partial charge in [0.2, 0.25) is 10.0 Å². The third kappa shape index (κ3) is 5.15. The van der Waals surface area contributed by atoms with E-state index < -0.39 is 28.2 Å². The Labute approximate surface area is 192 Å². The standard InChI is InChI=1S/C21H20F3N5O4S/c1-3-29-19(26-27-20(29)32-16-5-4-14-10-11-25-18(14)12-16)13(2)28-34(30,31)17-8-6-15(7-9-17)33-21(22,23)24/h4-13,25,28H,3H2,1-2H3/t13-/m1/s1. The Balaban J connectivity index is 1.51. The molecule has 0 saturated carbocycles. The summed E-state index contributed by atoms with van der Waals surface area (Å²) in [6, 6.07) is 10.7. The zero-order chi connectivity index (χ0) is 24.5. The predicted molar refractivity (Wildman–Crippen MR) is 116 cm³/mol. The minimum atomic E-state index is -4.87. The van der Waals surface area contributed by atoms with Gasteiger partial charge in [0.15, 0.2) is 5.82 Å². The molecular formula is C21H20F3N5O4S. The Bertz CT molecular complexity index is 1400. The molecule has 0 saturated heterocycles. The molecule has 0 unspecified atom stereocenters. The summed E-state index contributed by atoms with van der Waals surface area (Å²) < 4.78 is 76.1. The van der Waals surface area contributed by atoms with Crippen molar-refractivity contribution in [3.63, 3.8) is 0 Å². The van der Waals surface area contributed by atoms with Crippen LogP contribution in [-0.2, 0) is 16.6 Å². The number of ether oxygens (including phenoxy) is 2. The maximum absolute atomic E-state index is 12.7. The Kier molecular flexibility index (Phi) is 6.23. The molecule has 2 aromatic carbocycles. The number of rotatable bonds is 8. The molecule has 2 heterocycles. The minimum Gasteiger partial charge on any atom is -0.424 e. The summed E-state index contributed by atoms with van der Waals surface area (Å²) >= 11 is 0. The highest BCUT2D eigenvalue weighted by atomic mass is 32.2. The Morgan fingerprint density at radius 2 is 1.79 bits per heavy atom. The van der Waals surface area contributed by atoms with Crippen LogP contribution < -0.4 is 14.2 Å². The van der Waals surface area contributed by atoms with Crippen LogP contribution in [0.25, 0.3) is 10.9 Å². The molecule has 13 heteroatoms. The number of halogens is 3. The Morgan fingerprint density at radius 3 is 2.47 bits per heavy atom. The van der Waals surface area contributed by atoms with Crippen molar-refractivity contribution in [1.82, 2.24) is 24.5 Å². The topological polar surface area (TPSA) is 111 Å². The average molecular weight is 495 g/mol. The number of hydrogen-bond donors (Lipinski definition) is 2. The molecule has 0 aliphatic rings. The Hall–Kier alpha value is -3.58. The molecule has 0 bridgehead atoms. The molecule has 2 N–H and O–H groups in total. The van der Waals surface area contributed by atoms with Gasteiger partial charge in [-0.2, -0.15) is 0 Å². The van der Waals surface area contributed by atoms with Crippen molar-refractivity contribution in [3.8, 4) is 17.5 Å². The molecular weight excluding hydrogens is 475 g/mol. The SMILES string of the molecule is CCn1c(Oc2ccc3cc[nH]c3c2)nnc1[C@@H](C)NS(=O)(=O)c1ccc(OC(F)(F)F)cc1. The van der Waals surface area contributed by atoms with Gasteiger partial charge in [-0.15, -0.1) is 18.3 Å². The monoisotopic (exact) mass is 495 g/mol. The third-order valence-electron chi connectivity index (χ3n) is 4.88. The highest BCUT2D eigenvalue weighted by Gasteiger charge is 2.31. The van der Waals surface area contributed by atoms with Crippen molar-refractivity contribution in [3.05, 3.63) is 60.6 Å². The molecule has 0 fully saturated rings. The van der Waals surface area contributed by atoms with E-state index in [0.717, 1.165) is 35.2 Å². The molecule has 4 rings (SSSR count). The van der Waals surface area contributed by atoms with E-state index in [2.05, 4.69) is 24.6 Å². The van der Waals surface area contributed by atoms with E-state index in [1.54, 1.807) is 17.6 Å². The third-order valence-corrected chi connectivity index (χ3v) is 6.44. The quantitative estimate of drug-likeness (QED) is 0.372. The molecule has 0 aliphatic carbocycles. The first-order chi connectivity index (χ1) is 16.1. The number of aromatic amines is 1. The summed E-state index contributed by atoms with van der Waals surface area (Å²) in [5.74, 6) is 0.307. The maximum Gasteiger partial charge on any atom is 0.573 e. The molecule has 0 radical (unpaired) electrons. The lowest BCUT2D eigenvalue weighted by atomic mass is 10.2. The van der Waals surface area contributed by atoms with Gasteiger partial charge in [-0.05, 0) is 61.7 Å². The van der Waals surface area contributed by atoms with E-state index in [1.807, 2.05) is 31.3 Å². The average Bonchev–Trinajstić information content (AvgIpc) is 3.39. The van der Waals surface area contributed by atoms with Gasteiger partial charge in [-0.1, -0.05) is 5.10 Å². The predicted octanol–water partition coefficient (Wildman–Crippen LogP) is 4.51. The fourth-order valence-corrected chi connectivity index (χ4v) is 4.56. The van der Waals surface area contributed by atoms with E-state index >= 15 is 0 Å². The van der Waals surface area contributed by atoms with Crippen LogP contribution in [0.5, 0.6) is 17.5 Å². The first-order valence-corrected chi connectivity index (χ1v) is 11.6. The van der Waals surface area contributed by atoms with Crippen LogP contribution in [0.3, 0.4) is 0 Å². The van der Waals surface area contributed by atoms with Crippen LogP contribution in [0, 0.1) is 0 Å². The number of H-pyrrole nitrogens is 1.